The number of rotatable bonds is 3. The van der Waals surface area contributed by atoms with E-state index in [1.165, 1.54) is 0 Å². The first-order chi connectivity index (χ1) is 5.74. The predicted molar refractivity (Wildman–Crippen MR) is 43.6 cm³/mol. The van der Waals surface area contributed by atoms with E-state index in [4.69, 9.17) is 9.47 Å². The van der Waals surface area contributed by atoms with Gasteiger partial charge in [0, 0.05) is 0 Å². The highest BCUT2D eigenvalue weighted by Crippen LogP contribution is 2.09. The van der Waals surface area contributed by atoms with Gasteiger partial charge in [-0.1, -0.05) is 0 Å². The molecule has 12 heavy (non-hydrogen) atoms. The molecule has 1 unspecified atom stereocenters. The van der Waals surface area contributed by atoms with Crippen molar-refractivity contribution < 1.29 is 14.3 Å². The Balaban J connectivity index is 2.30. The van der Waals surface area contributed by atoms with Gasteiger partial charge in [0.25, 0.3) is 0 Å². The van der Waals surface area contributed by atoms with E-state index < -0.39 is 0 Å². The van der Waals surface area contributed by atoms with Crippen molar-refractivity contribution in [2.24, 2.45) is 0 Å². The standard InChI is InChI=1S/C9H12O3/c1-3-4-7(2)9(10)12-6-8-5-11-8/h3,8H,5-6H2,1-2H3. The first-order valence-electron chi connectivity index (χ1n) is 3.90. The van der Waals surface area contributed by atoms with E-state index in [-0.39, 0.29) is 12.1 Å². The molecule has 0 saturated carbocycles. The molecule has 0 N–H and O–H groups in total. The maximum absolute atomic E-state index is 11.1. The van der Waals surface area contributed by atoms with Crippen LogP contribution in [0.4, 0.5) is 0 Å². The number of carbonyl (C=O) groups is 1. The SMILES string of the molecule is CC=C=C(C)C(=O)OCC1CO1. The Morgan fingerprint density at radius 2 is 2.50 bits per heavy atom. The molecule has 0 spiro atoms. The minimum atomic E-state index is -0.316. The monoisotopic (exact) mass is 168 g/mol. The van der Waals surface area contributed by atoms with Crippen LogP contribution >= 0.6 is 0 Å². The normalized spacial score (nSPS) is 19.3. The maximum atomic E-state index is 11.1. The zero-order chi connectivity index (χ0) is 8.97. The zero-order valence-electron chi connectivity index (χ0n) is 7.29. The average molecular weight is 168 g/mol. The summed E-state index contributed by atoms with van der Waals surface area (Å²) in [6.45, 7) is 4.55. The first kappa shape index (κ1) is 9.04. The van der Waals surface area contributed by atoms with Crippen LogP contribution < -0.4 is 0 Å². The van der Waals surface area contributed by atoms with Gasteiger partial charge in [0.15, 0.2) is 0 Å². The summed E-state index contributed by atoms with van der Waals surface area (Å²) < 4.78 is 9.78. The van der Waals surface area contributed by atoms with E-state index in [1.54, 1.807) is 19.9 Å². The van der Waals surface area contributed by atoms with Gasteiger partial charge in [-0.2, -0.15) is 0 Å². The Morgan fingerprint density at radius 1 is 1.83 bits per heavy atom. The fourth-order valence-corrected chi connectivity index (χ4v) is 0.717. The number of hydrogen-bond donors (Lipinski definition) is 0. The summed E-state index contributed by atoms with van der Waals surface area (Å²) in [6.07, 6.45) is 1.82. The van der Waals surface area contributed by atoms with Gasteiger partial charge in [-0.25, -0.2) is 4.79 Å². The lowest BCUT2D eigenvalue weighted by atomic mass is 10.3. The van der Waals surface area contributed by atoms with Gasteiger partial charge >= 0.3 is 5.97 Å². The van der Waals surface area contributed by atoms with Crippen LogP contribution in [0.15, 0.2) is 17.4 Å². The van der Waals surface area contributed by atoms with Crippen molar-refractivity contribution in [1.29, 1.82) is 0 Å². The number of hydrogen-bond acceptors (Lipinski definition) is 3. The molecule has 3 heteroatoms. The van der Waals surface area contributed by atoms with E-state index in [0.717, 1.165) is 0 Å². The van der Waals surface area contributed by atoms with Crippen LogP contribution in [0, 0.1) is 0 Å². The average Bonchev–Trinajstić information content (AvgIpc) is 2.83. The van der Waals surface area contributed by atoms with E-state index >= 15 is 0 Å². The lowest BCUT2D eigenvalue weighted by molar-refractivity contribution is -0.139. The van der Waals surface area contributed by atoms with Gasteiger partial charge in [-0.05, 0) is 19.9 Å². The summed E-state index contributed by atoms with van der Waals surface area (Å²) in [4.78, 5) is 11.1. The molecule has 3 nitrogen and oxygen atoms in total. The number of esters is 1. The molecule has 66 valence electrons. The molecule has 1 rings (SSSR count). The third-order valence-corrected chi connectivity index (χ3v) is 1.47. The number of ether oxygens (including phenoxy) is 2. The Morgan fingerprint density at radius 3 is 3.00 bits per heavy atom. The minimum Gasteiger partial charge on any atom is -0.459 e. The topological polar surface area (TPSA) is 38.8 Å². The highest BCUT2D eigenvalue weighted by molar-refractivity contribution is 5.87. The highest BCUT2D eigenvalue weighted by Gasteiger charge is 2.24. The molecule has 1 atom stereocenters. The zero-order valence-corrected chi connectivity index (χ0v) is 7.29. The maximum Gasteiger partial charge on any atom is 0.341 e. The van der Waals surface area contributed by atoms with E-state index in [2.05, 4.69) is 5.73 Å². The van der Waals surface area contributed by atoms with Gasteiger partial charge in [-0.3, -0.25) is 0 Å². The van der Waals surface area contributed by atoms with Crippen molar-refractivity contribution in [2.45, 2.75) is 20.0 Å². The molecule has 0 radical (unpaired) electrons. The summed E-state index contributed by atoms with van der Waals surface area (Å²) in [5.74, 6) is -0.316. The Bertz CT molecular complexity index is 232. The molecule has 0 aromatic carbocycles. The van der Waals surface area contributed by atoms with Crippen LogP contribution in [0.25, 0.3) is 0 Å². The number of carbonyl (C=O) groups excluding carboxylic acids is 1. The molecule has 1 aliphatic rings. The van der Waals surface area contributed by atoms with Gasteiger partial charge < -0.3 is 9.47 Å². The molecule has 1 aliphatic heterocycles. The van der Waals surface area contributed by atoms with Crippen molar-refractivity contribution in [3.05, 3.63) is 17.4 Å². The van der Waals surface area contributed by atoms with Crippen molar-refractivity contribution >= 4 is 5.97 Å². The minimum absolute atomic E-state index is 0.132. The molecule has 0 aromatic heterocycles. The molecule has 1 heterocycles. The van der Waals surface area contributed by atoms with E-state index in [9.17, 15) is 4.79 Å². The Labute approximate surface area is 71.7 Å². The van der Waals surface area contributed by atoms with Gasteiger partial charge in [0.1, 0.15) is 12.7 Å². The second-order valence-corrected chi connectivity index (χ2v) is 2.61. The lowest BCUT2D eigenvalue weighted by Gasteiger charge is -1.99. The smallest absolute Gasteiger partial charge is 0.341 e. The van der Waals surface area contributed by atoms with Crippen LogP contribution in [0.2, 0.25) is 0 Å². The van der Waals surface area contributed by atoms with Crippen LogP contribution in [0.3, 0.4) is 0 Å². The predicted octanol–water partition coefficient (Wildman–Crippen LogP) is 1.05. The quantitative estimate of drug-likeness (QED) is 0.273. The number of epoxide rings is 1. The molecular weight excluding hydrogens is 156 g/mol. The van der Waals surface area contributed by atoms with Crippen LogP contribution in [-0.2, 0) is 14.3 Å². The third kappa shape index (κ3) is 2.91. The largest absolute Gasteiger partial charge is 0.459 e. The fraction of sp³-hybridized carbons (Fsp3) is 0.556. The fourth-order valence-electron chi connectivity index (χ4n) is 0.717. The Hall–Kier alpha value is -1.05. The first-order valence-corrected chi connectivity index (χ1v) is 3.90. The molecule has 0 amide bonds. The van der Waals surface area contributed by atoms with E-state index in [0.29, 0.717) is 18.8 Å². The second-order valence-electron chi connectivity index (χ2n) is 2.61. The summed E-state index contributed by atoms with van der Waals surface area (Å²) in [5, 5.41) is 0. The summed E-state index contributed by atoms with van der Waals surface area (Å²) in [7, 11) is 0. The van der Waals surface area contributed by atoms with Crippen molar-refractivity contribution in [1.82, 2.24) is 0 Å². The van der Waals surface area contributed by atoms with Gasteiger partial charge in [0.05, 0.1) is 12.2 Å². The summed E-state index contributed by atoms with van der Waals surface area (Å²) >= 11 is 0. The molecular formula is C9H12O3. The van der Waals surface area contributed by atoms with Crippen molar-refractivity contribution in [3.63, 3.8) is 0 Å². The summed E-state index contributed by atoms with van der Waals surface area (Å²) in [5.41, 5.74) is 3.26. The molecule has 1 fully saturated rings. The molecule has 0 aliphatic carbocycles. The Kier molecular flexibility index (Phi) is 3.09. The lowest BCUT2D eigenvalue weighted by Crippen LogP contribution is -2.09. The van der Waals surface area contributed by atoms with Gasteiger partial charge in [0.2, 0.25) is 0 Å². The molecule has 0 aromatic rings. The van der Waals surface area contributed by atoms with Crippen LogP contribution in [0.5, 0.6) is 0 Å². The van der Waals surface area contributed by atoms with Gasteiger partial charge in [-0.15, -0.1) is 5.73 Å². The second kappa shape index (κ2) is 4.10. The third-order valence-electron chi connectivity index (χ3n) is 1.47. The molecule has 0 bridgehead atoms. The highest BCUT2D eigenvalue weighted by atomic mass is 16.6. The van der Waals surface area contributed by atoms with Crippen LogP contribution in [0.1, 0.15) is 13.8 Å². The van der Waals surface area contributed by atoms with Crippen LogP contribution in [-0.4, -0.2) is 25.3 Å². The van der Waals surface area contributed by atoms with Crippen molar-refractivity contribution in [2.75, 3.05) is 13.2 Å². The van der Waals surface area contributed by atoms with E-state index in [1.807, 2.05) is 0 Å². The molecule has 1 saturated heterocycles. The van der Waals surface area contributed by atoms with Crippen molar-refractivity contribution in [3.8, 4) is 0 Å². The summed E-state index contributed by atoms with van der Waals surface area (Å²) in [6, 6.07) is 0.